The van der Waals surface area contributed by atoms with Gasteiger partial charge in [-0.15, -0.1) is 0 Å². The van der Waals surface area contributed by atoms with E-state index < -0.39 is 0 Å². The summed E-state index contributed by atoms with van der Waals surface area (Å²) < 4.78 is 16.0. The molecule has 0 aromatic heterocycles. The van der Waals surface area contributed by atoms with Crippen molar-refractivity contribution in [3.8, 4) is 17.2 Å². The van der Waals surface area contributed by atoms with E-state index in [1.54, 1.807) is 21.3 Å². The SMILES string of the molecule is CNCCN(C)Cc1cc(OC)c(OC)c(OC)c1. The molecule has 0 heterocycles. The van der Waals surface area contributed by atoms with Crippen molar-refractivity contribution in [3.05, 3.63) is 17.7 Å². The molecule has 0 aliphatic heterocycles. The second kappa shape index (κ2) is 7.86. The van der Waals surface area contributed by atoms with E-state index in [1.807, 2.05) is 19.2 Å². The molecule has 1 rings (SSSR count). The first-order valence-electron chi connectivity index (χ1n) is 6.28. The monoisotopic (exact) mass is 268 g/mol. The van der Waals surface area contributed by atoms with Gasteiger partial charge >= 0.3 is 0 Å². The van der Waals surface area contributed by atoms with Crippen LogP contribution in [0.4, 0.5) is 0 Å². The fourth-order valence-electron chi connectivity index (χ4n) is 1.92. The lowest BCUT2D eigenvalue weighted by molar-refractivity contribution is 0.313. The molecule has 0 bridgehead atoms. The highest BCUT2D eigenvalue weighted by molar-refractivity contribution is 5.53. The van der Waals surface area contributed by atoms with E-state index in [-0.39, 0.29) is 0 Å². The third kappa shape index (κ3) is 4.29. The van der Waals surface area contributed by atoms with Gasteiger partial charge in [-0.05, 0) is 31.8 Å². The van der Waals surface area contributed by atoms with E-state index in [0.29, 0.717) is 17.2 Å². The van der Waals surface area contributed by atoms with Crippen LogP contribution in [0.15, 0.2) is 12.1 Å². The molecule has 1 N–H and O–H groups in total. The van der Waals surface area contributed by atoms with Crippen molar-refractivity contribution in [1.29, 1.82) is 0 Å². The number of hydrogen-bond acceptors (Lipinski definition) is 5. The van der Waals surface area contributed by atoms with Crippen molar-refractivity contribution in [2.75, 3.05) is 48.5 Å². The molecule has 0 saturated carbocycles. The van der Waals surface area contributed by atoms with Gasteiger partial charge in [-0.25, -0.2) is 0 Å². The standard InChI is InChI=1S/C14H24N2O3/c1-15-6-7-16(2)10-11-8-12(17-3)14(19-5)13(9-11)18-4/h8-9,15H,6-7,10H2,1-5H3. The second-order valence-electron chi connectivity index (χ2n) is 4.37. The van der Waals surface area contributed by atoms with Gasteiger partial charge in [-0.3, -0.25) is 0 Å². The summed E-state index contributed by atoms with van der Waals surface area (Å²) in [4.78, 5) is 2.23. The molecule has 0 aliphatic carbocycles. The lowest BCUT2D eigenvalue weighted by Crippen LogP contribution is -2.26. The summed E-state index contributed by atoms with van der Waals surface area (Å²) in [6.07, 6.45) is 0. The zero-order valence-corrected chi connectivity index (χ0v) is 12.4. The Bertz CT molecular complexity index is 371. The molecular formula is C14H24N2O3. The van der Waals surface area contributed by atoms with Crippen LogP contribution in [0.5, 0.6) is 17.2 Å². The van der Waals surface area contributed by atoms with Crippen LogP contribution >= 0.6 is 0 Å². The Morgan fingerprint density at radius 3 is 2.05 bits per heavy atom. The quantitative estimate of drug-likeness (QED) is 0.771. The Balaban J connectivity index is 2.90. The number of benzene rings is 1. The predicted octanol–water partition coefficient (Wildman–Crippen LogP) is 1.36. The van der Waals surface area contributed by atoms with Crippen LogP contribution in [0.2, 0.25) is 0 Å². The largest absolute Gasteiger partial charge is 0.493 e. The Labute approximate surface area is 115 Å². The molecule has 1 aromatic rings. The van der Waals surface area contributed by atoms with Gasteiger partial charge in [0.2, 0.25) is 5.75 Å². The van der Waals surface area contributed by atoms with E-state index in [2.05, 4.69) is 17.3 Å². The number of ether oxygens (including phenoxy) is 3. The van der Waals surface area contributed by atoms with Gasteiger partial charge in [-0.2, -0.15) is 0 Å². The highest BCUT2D eigenvalue weighted by Gasteiger charge is 2.13. The molecule has 5 nitrogen and oxygen atoms in total. The van der Waals surface area contributed by atoms with E-state index in [4.69, 9.17) is 14.2 Å². The highest BCUT2D eigenvalue weighted by atomic mass is 16.5. The van der Waals surface area contributed by atoms with Gasteiger partial charge in [0.25, 0.3) is 0 Å². The Hall–Kier alpha value is -1.46. The smallest absolute Gasteiger partial charge is 0.203 e. The Morgan fingerprint density at radius 2 is 1.63 bits per heavy atom. The average Bonchev–Trinajstić information content (AvgIpc) is 2.43. The molecular weight excluding hydrogens is 244 g/mol. The van der Waals surface area contributed by atoms with Crippen molar-refractivity contribution in [3.63, 3.8) is 0 Å². The van der Waals surface area contributed by atoms with Crippen LogP contribution in [0, 0.1) is 0 Å². The molecule has 5 heteroatoms. The summed E-state index contributed by atoms with van der Waals surface area (Å²) in [7, 11) is 8.91. The van der Waals surface area contributed by atoms with Crippen molar-refractivity contribution < 1.29 is 14.2 Å². The Kier molecular flexibility index (Phi) is 6.45. The maximum atomic E-state index is 5.35. The predicted molar refractivity (Wildman–Crippen MR) is 76.4 cm³/mol. The van der Waals surface area contributed by atoms with Crippen molar-refractivity contribution in [2.24, 2.45) is 0 Å². The van der Waals surface area contributed by atoms with Crippen molar-refractivity contribution >= 4 is 0 Å². The van der Waals surface area contributed by atoms with Gasteiger partial charge in [0.1, 0.15) is 0 Å². The molecule has 1 aromatic carbocycles. The first-order valence-corrected chi connectivity index (χ1v) is 6.28. The maximum absolute atomic E-state index is 5.35. The zero-order chi connectivity index (χ0) is 14.3. The third-order valence-electron chi connectivity index (χ3n) is 2.92. The third-order valence-corrected chi connectivity index (χ3v) is 2.92. The number of methoxy groups -OCH3 is 3. The molecule has 108 valence electrons. The maximum Gasteiger partial charge on any atom is 0.203 e. The van der Waals surface area contributed by atoms with Crippen LogP contribution < -0.4 is 19.5 Å². The number of nitrogens with one attached hydrogen (secondary N) is 1. The minimum atomic E-state index is 0.631. The molecule has 0 amide bonds. The molecule has 0 unspecified atom stereocenters. The van der Waals surface area contributed by atoms with Crippen LogP contribution in [-0.4, -0.2) is 53.4 Å². The van der Waals surface area contributed by atoms with Crippen molar-refractivity contribution in [1.82, 2.24) is 10.2 Å². The lowest BCUT2D eigenvalue weighted by Gasteiger charge is -2.19. The van der Waals surface area contributed by atoms with Gasteiger partial charge in [0, 0.05) is 19.6 Å². The van der Waals surface area contributed by atoms with E-state index in [0.717, 1.165) is 25.2 Å². The summed E-state index contributed by atoms with van der Waals surface area (Å²) in [5.41, 5.74) is 1.13. The number of rotatable bonds is 8. The van der Waals surface area contributed by atoms with Gasteiger partial charge in [0.05, 0.1) is 21.3 Å². The molecule has 19 heavy (non-hydrogen) atoms. The molecule has 0 fully saturated rings. The normalized spacial score (nSPS) is 10.6. The van der Waals surface area contributed by atoms with Crippen LogP contribution in [0.1, 0.15) is 5.56 Å². The molecule has 0 radical (unpaired) electrons. The van der Waals surface area contributed by atoms with Crippen molar-refractivity contribution in [2.45, 2.75) is 6.54 Å². The topological polar surface area (TPSA) is 43.0 Å². The second-order valence-corrected chi connectivity index (χ2v) is 4.37. The van der Waals surface area contributed by atoms with Crippen LogP contribution in [0.25, 0.3) is 0 Å². The van der Waals surface area contributed by atoms with Crippen LogP contribution in [-0.2, 0) is 6.54 Å². The Morgan fingerprint density at radius 1 is 1.05 bits per heavy atom. The number of nitrogens with zero attached hydrogens (tertiary/aromatic N) is 1. The summed E-state index contributed by atoms with van der Waals surface area (Å²) in [5, 5.41) is 3.14. The first-order chi connectivity index (χ1) is 9.15. The molecule has 0 aliphatic rings. The zero-order valence-electron chi connectivity index (χ0n) is 12.4. The van der Waals surface area contributed by atoms with E-state index in [1.165, 1.54) is 0 Å². The average molecular weight is 268 g/mol. The van der Waals surface area contributed by atoms with E-state index in [9.17, 15) is 0 Å². The fourth-order valence-corrected chi connectivity index (χ4v) is 1.92. The summed E-state index contributed by atoms with van der Waals surface area (Å²) in [6.45, 7) is 2.77. The number of likely N-dealkylation sites (N-methyl/N-ethyl adjacent to an activating group) is 2. The molecule has 0 spiro atoms. The first kappa shape index (κ1) is 15.6. The van der Waals surface area contributed by atoms with Gasteiger partial charge in [0.15, 0.2) is 11.5 Å². The van der Waals surface area contributed by atoms with Gasteiger partial charge < -0.3 is 24.4 Å². The molecule has 0 saturated heterocycles. The highest BCUT2D eigenvalue weighted by Crippen LogP contribution is 2.38. The van der Waals surface area contributed by atoms with Gasteiger partial charge in [-0.1, -0.05) is 0 Å². The van der Waals surface area contributed by atoms with Crippen LogP contribution in [0.3, 0.4) is 0 Å². The lowest BCUT2D eigenvalue weighted by atomic mass is 10.1. The minimum absolute atomic E-state index is 0.631. The summed E-state index contributed by atoms with van der Waals surface area (Å²) in [6, 6.07) is 3.97. The minimum Gasteiger partial charge on any atom is -0.493 e. The van der Waals surface area contributed by atoms with E-state index >= 15 is 0 Å². The fraction of sp³-hybridized carbons (Fsp3) is 0.571. The summed E-state index contributed by atoms with van der Waals surface area (Å²) >= 11 is 0. The number of hydrogen-bond donors (Lipinski definition) is 1. The molecule has 0 atom stereocenters. The summed E-state index contributed by atoms with van der Waals surface area (Å²) in [5.74, 6) is 2.02.